The lowest BCUT2D eigenvalue weighted by Gasteiger charge is -2.22. The summed E-state index contributed by atoms with van der Waals surface area (Å²) < 4.78 is 26.4. The maximum Gasteiger partial charge on any atom is 0.246 e. The molecule has 0 amide bonds. The summed E-state index contributed by atoms with van der Waals surface area (Å²) in [4.78, 5) is 8.08. The molecule has 18 heavy (non-hydrogen) atoms. The second-order valence-corrected chi connectivity index (χ2v) is 6.20. The first-order valence-electron chi connectivity index (χ1n) is 6.11. The molecule has 1 atom stereocenters. The van der Waals surface area contributed by atoms with Crippen LogP contribution in [0.2, 0.25) is 0 Å². The molecule has 1 unspecified atom stereocenters. The molecule has 7 heteroatoms. The minimum Gasteiger partial charge on any atom is -0.357 e. The second kappa shape index (κ2) is 5.19. The third-order valence-corrected chi connectivity index (χ3v) is 5.16. The third kappa shape index (κ3) is 2.32. The monoisotopic (exact) mass is 270 g/mol. The Bertz CT molecular complexity index is 500. The van der Waals surface area contributed by atoms with Gasteiger partial charge in [0.2, 0.25) is 16.0 Å². The Kier molecular flexibility index (Phi) is 3.82. The van der Waals surface area contributed by atoms with Crippen molar-refractivity contribution < 1.29 is 8.42 Å². The van der Waals surface area contributed by atoms with E-state index in [0.29, 0.717) is 12.5 Å². The summed E-state index contributed by atoms with van der Waals surface area (Å²) in [5.74, 6) is 0.419. The topological polar surface area (TPSA) is 75.2 Å². The summed E-state index contributed by atoms with van der Waals surface area (Å²) in [6.45, 7) is 2.60. The van der Waals surface area contributed by atoms with E-state index in [2.05, 4.69) is 15.3 Å². The van der Waals surface area contributed by atoms with Gasteiger partial charge in [0.05, 0.1) is 12.4 Å². The molecule has 1 aromatic rings. The van der Waals surface area contributed by atoms with Crippen LogP contribution >= 0.6 is 0 Å². The van der Waals surface area contributed by atoms with E-state index in [1.807, 2.05) is 6.92 Å². The summed E-state index contributed by atoms with van der Waals surface area (Å²) in [5, 5.41) is 2.76. The molecular weight excluding hydrogens is 252 g/mol. The van der Waals surface area contributed by atoms with Gasteiger partial charge < -0.3 is 5.32 Å². The SMILES string of the molecule is CCC1CCCN1S(=O)(=O)c1cnc(NC)nc1. The molecule has 0 spiro atoms. The van der Waals surface area contributed by atoms with Gasteiger partial charge in [0.1, 0.15) is 4.90 Å². The van der Waals surface area contributed by atoms with E-state index in [4.69, 9.17) is 0 Å². The van der Waals surface area contributed by atoms with Gasteiger partial charge >= 0.3 is 0 Å². The van der Waals surface area contributed by atoms with Crippen molar-refractivity contribution in [1.29, 1.82) is 0 Å². The van der Waals surface area contributed by atoms with Crippen molar-refractivity contribution in [1.82, 2.24) is 14.3 Å². The molecule has 0 bridgehead atoms. The molecule has 1 saturated heterocycles. The first-order chi connectivity index (χ1) is 8.59. The van der Waals surface area contributed by atoms with Crippen molar-refractivity contribution in [3.8, 4) is 0 Å². The average molecular weight is 270 g/mol. The minimum atomic E-state index is -3.44. The number of nitrogens with zero attached hydrogens (tertiary/aromatic N) is 3. The fraction of sp³-hybridized carbons (Fsp3) is 0.636. The number of nitrogens with one attached hydrogen (secondary N) is 1. The molecule has 1 aromatic heterocycles. The van der Waals surface area contributed by atoms with Crippen LogP contribution < -0.4 is 5.32 Å². The van der Waals surface area contributed by atoms with Crippen LogP contribution in [0.3, 0.4) is 0 Å². The lowest BCUT2D eigenvalue weighted by atomic mass is 10.2. The van der Waals surface area contributed by atoms with Crippen LogP contribution in [0.25, 0.3) is 0 Å². The number of hydrogen-bond acceptors (Lipinski definition) is 5. The van der Waals surface area contributed by atoms with E-state index in [1.54, 1.807) is 11.4 Å². The van der Waals surface area contributed by atoms with Gasteiger partial charge in [-0.3, -0.25) is 0 Å². The largest absolute Gasteiger partial charge is 0.357 e. The molecule has 100 valence electrons. The van der Waals surface area contributed by atoms with Crippen LogP contribution in [-0.4, -0.2) is 42.3 Å². The molecule has 2 heterocycles. The van der Waals surface area contributed by atoms with Crippen molar-refractivity contribution in [2.24, 2.45) is 0 Å². The fourth-order valence-corrected chi connectivity index (χ4v) is 3.91. The molecule has 0 aliphatic carbocycles. The van der Waals surface area contributed by atoms with E-state index >= 15 is 0 Å². The normalized spacial score (nSPS) is 21.1. The number of anilines is 1. The number of rotatable bonds is 4. The molecule has 2 rings (SSSR count). The first kappa shape index (κ1) is 13.2. The van der Waals surface area contributed by atoms with Gasteiger partial charge in [0.25, 0.3) is 0 Å². The highest BCUT2D eigenvalue weighted by Gasteiger charge is 2.34. The molecule has 6 nitrogen and oxygen atoms in total. The number of aromatic nitrogens is 2. The van der Waals surface area contributed by atoms with Crippen molar-refractivity contribution in [2.45, 2.75) is 37.1 Å². The zero-order valence-corrected chi connectivity index (χ0v) is 11.4. The molecule has 0 aromatic carbocycles. The maximum atomic E-state index is 12.4. The van der Waals surface area contributed by atoms with Crippen LogP contribution in [0.15, 0.2) is 17.3 Å². The Morgan fingerprint density at radius 3 is 2.67 bits per heavy atom. The highest BCUT2D eigenvalue weighted by molar-refractivity contribution is 7.89. The first-order valence-corrected chi connectivity index (χ1v) is 7.55. The Balaban J connectivity index is 2.29. The predicted octanol–water partition coefficient (Wildman–Crippen LogP) is 1.08. The van der Waals surface area contributed by atoms with Gasteiger partial charge in [-0.1, -0.05) is 6.92 Å². The second-order valence-electron chi connectivity index (χ2n) is 4.31. The Labute approximate surface area is 107 Å². The average Bonchev–Trinajstić information content (AvgIpc) is 2.88. The molecule has 1 aliphatic rings. The van der Waals surface area contributed by atoms with Crippen molar-refractivity contribution in [3.05, 3.63) is 12.4 Å². The molecule has 1 fully saturated rings. The highest BCUT2D eigenvalue weighted by atomic mass is 32.2. The summed E-state index contributed by atoms with van der Waals surface area (Å²) in [7, 11) is -1.75. The van der Waals surface area contributed by atoms with E-state index in [0.717, 1.165) is 19.3 Å². The predicted molar refractivity (Wildman–Crippen MR) is 68.8 cm³/mol. The third-order valence-electron chi connectivity index (χ3n) is 3.25. The lowest BCUT2D eigenvalue weighted by Crippen LogP contribution is -2.35. The van der Waals surface area contributed by atoms with Gasteiger partial charge in [0, 0.05) is 19.6 Å². The minimum absolute atomic E-state index is 0.110. The maximum absolute atomic E-state index is 12.4. The van der Waals surface area contributed by atoms with Gasteiger partial charge in [-0.2, -0.15) is 4.31 Å². The Morgan fingerprint density at radius 1 is 1.44 bits per heavy atom. The molecule has 1 aliphatic heterocycles. The molecular formula is C11H18N4O2S. The summed E-state index contributed by atoms with van der Waals surface area (Å²) >= 11 is 0. The summed E-state index contributed by atoms with van der Waals surface area (Å²) in [5.41, 5.74) is 0. The van der Waals surface area contributed by atoms with Gasteiger partial charge in [0.15, 0.2) is 0 Å². The van der Waals surface area contributed by atoms with E-state index in [9.17, 15) is 8.42 Å². The zero-order chi connectivity index (χ0) is 13.2. The Morgan fingerprint density at radius 2 is 2.11 bits per heavy atom. The fourth-order valence-electron chi connectivity index (χ4n) is 2.25. The molecule has 0 radical (unpaired) electrons. The summed E-state index contributed by atoms with van der Waals surface area (Å²) in [6.07, 6.45) is 5.42. The smallest absolute Gasteiger partial charge is 0.246 e. The summed E-state index contributed by atoms with van der Waals surface area (Å²) in [6, 6.07) is 0.110. The van der Waals surface area contributed by atoms with Crippen LogP contribution in [0.4, 0.5) is 5.95 Å². The van der Waals surface area contributed by atoms with Crippen molar-refractivity contribution in [3.63, 3.8) is 0 Å². The molecule has 1 N–H and O–H groups in total. The van der Waals surface area contributed by atoms with Crippen molar-refractivity contribution in [2.75, 3.05) is 18.9 Å². The van der Waals surface area contributed by atoms with Crippen LogP contribution in [0.1, 0.15) is 26.2 Å². The lowest BCUT2D eigenvalue weighted by molar-refractivity contribution is 0.379. The van der Waals surface area contributed by atoms with Gasteiger partial charge in [-0.05, 0) is 19.3 Å². The van der Waals surface area contributed by atoms with Crippen LogP contribution in [-0.2, 0) is 10.0 Å². The quantitative estimate of drug-likeness (QED) is 0.886. The standard InChI is InChI=1S/C11H18N4O2S/c1-3-9-5-4-6-15(9)18(16,17)10-7-13-11(12-2)14-8-10/h7-9H,3-6H2,1-2H3,(H,12,13,14). The van der Waals surface area contributed by atoms with Crippen LogP contribution in [0.5, 0.6) is 0 Å². The number of hydrogen-bond donors (Lipinski definition) is 1. The zero-order valence-electron chi connectivity index (χ0n) is 10.6. The van der Waals surface area contributed by atoms with Crippen LogP contribution in [0, 0.1) is 0 Å². The van der Waals surface area contributed by atoms with E-state index in [1.165, 1.54) is 12.4 Å². The van der Waals surface area contributed by atoms with E-state index < -0.39 is 10.0 Å². The van der Waals surface area contributed by atoms with Gasteiger partial charge in [-0.15, -0.1) is 0 Å². The van der Waals surface area contributed by atoms with Crippen molar-refractivity contribution >= 4 is 16.0 Å². The van der Waals surface area contributed by atoms with E-state index in [-0.39, 0.29) is 10.9 Å². The molecule has 0 saturated carbocycles. The number of sulfonamides is 1. The van der Waals surface area contributed by atoms with Gasteiger partial charge in [-0.25, -0.2) is 18.4 Å². The Hall–Kier alpha value is -1.21. The highest BCUT2D eigenvalue weighted by Crippen LogP contribution is 2.27.